The summed E-state index contributed by atoms with van der Waals surface area (Å²) in [6.07, 6.45) is 2.38. The SMILES string of the molecule is NC(=Nc1ccc(Cl)c(C(F)F)c1)c1cnccc1NC1CCOCC1. The van der Waals surface area contributed by atoms with Gasteiger partial charge in [-0.15, -0.1) is 0 Å². The first-order chi connectivity index (χ1) is 12.5. The van der Waals surface area contributed by atoms with E-state index in [9.17, 15) is 8.78 Å². The first-order valence-electron chi connectivity index (χ1n) is 8.25. The predicted octanol–water partition coefficient (Wildman–Crippen LogP) is 4.30. The summed E-state index contributed by atoms with van der Waals surface area (Å²) in [5, 5.41) is 3.43. The Hall–Kier alpha value is -2.25. The van der Waals surface area contributed by atoms with Gasteiger partial charge in [0.2, 0.25) is 0 Å². The summed E-state index contributed by atoms with van der Waals surface area (Å²) in [6, 6.07) is 6.27. The Morgan fingerprint density at radius 1 is 1.31 bits per heavy atom. The molecule has 8 heteroatoms. The number of hydrogen-bond donors (Lipinski definition) is 2. The van der Waals surface area contributed by atoms with Crippen LogP contribution in [-0.2, 0) is 4.74 Å². The number of halogens is 3. The van der Waals surface area contributed by atoms with Gasteiger partial charge in [-0.25, -0.2) is 13.8 Å². The molecule has 3 rings (SSSR count). The summed E-state index contributed by atoms with van der Waals surface area (Å²) in [4.78, 5) is 8.36. The molecule has 0 atom stereocenters. The number of amidine groups is 1. The number of nitrogens with zero attached hydrogens (tertiary/aromatic N) is 2. The smallest absolute Gasteiger partial charge is 0.265 e. The van der Waals surface area contributed by atoms with Crippen molar-refractivity contribution in [3.63, 3.8) is 0 Å². The van der Waals surface area contributed by atoms with Gasteiger partial charge in [0, 0.05) is 47.9 Å². The molecule has 1 fully saturated rings. The maximum absolute atomic E-state index is 13.0. The highest BCUT2D eigenvalue weighted by atomic mass is 35.5. The molecule has 2 aromatic rings. The normalized spacial score (nSPS) is 16.1. The van der Waals surface area contributed by atoms with Crippen LogP contribution >= 0.6 is 11.6 Å². The van der Waals surface area contributed by atoms with Gasteiger partial charge in [0.05, 0.1) is 11.3 Å². The third-order valence-electron chi connectivity index (χ3n) is 4.14. The molecule has 1 aliphatic heterocycles. The van der Waals surface area contributed by atoms with Crippen LogP contribution in [-0.4, -0.2) is 30.1 Å². The maximum atomic E-state index is 13.0. The standard InChI is InChI=1S/C18H19ClF2N4O/c19-15-2-1-12(9-13(15)17(20)21)25-18(22)14-10-23-6-3-16(14)24-11-4-7-26-8-5-11/h1-3,6,9-11,17H,4-5,7-8H2,(H2,22,25)(H,23,24). The Morgan fingerprint density at radius 3 is 2.81 bits per heavy atom. The molecule has 3 N–H and O–H groups in total. The molecule has 0 saturated carbocycles. The second-order valence-electron chi connectivity index (χ2n) is 5.96. The zero-order valence-corrected chi connectivity index (χ0v) is 14.7. The van der Waals surface area contributed by atoms with E-state index in [0.29, 0.717) is 24.5 Å². The minimum Gasteiger partial charge on any atom is -0.383 e. The van der Waals surface area contributed by atoms with E-state index in [4.69, 9.17) is 22.1 Å². The van der Waals surface area contributed by atoms with Crippen LogP contribution in [0, 0.1) is 0 Å². The van der Waals surface area contributed by atoms with E-state index in [2.05, 4.69) is 15.3 Å². The average Bonchev–Trinajstić information content (AvgIpc) is 2.64. The summed E-state index contributed by atoms with van der Waals surface area (Å²) < 4.78 is 31.4. The van der Waals surface area contributed by atoms with Gasteiger partial charge in [-0.05, 0) is 37.1 Å². The molecule has 1 saturated heterocycles. The lowest BCUT2D eigenvalue weighted by atomic mass is 10.1. The van der Waals surface area contributed by atoms with Crippen LogP contribution in [0.25, 0.3) is 0 Å². The van der Waals surface area contributed by atoms with Crippen molar-refractivity contribution in [1.29, 1.82) is 0 Å². The van der Waals surface area contributed by atoms with E-state index in [1.54, 1.807) is 18.5 Å². The highest BCUT2D eigenvalue weighted by Gasteiger charge is 2.16. The number of pyridine rings is 1. The fraction of sp³-hybridized carbons (Fsp3) is 0.333. The van der Waals surface area contributed by atoms with Crippen LogP contribution in [0.2, 0.25) is 5.02 Å². The van der Waals surface area contributed by atoms with Gasteiger partial charge in [0.25, 0.3) is 6.43 Å². The number of hydrogen-bond acceptors (Lipinski definition) is 4. The molecule has 1 aliphatic rings. The molecule has 0 spiro atoms. The van der Waals surface area contributed by atoms with Crippen LogP contribution in [0.15, 0.2) is 41.7 Å². The van der Waals surface area contributed by atoms with E-state index in [1.807, 2.05) is 6.07 Å². The van der Waals surface area contributed by atoms with Gasteiger partial charge in [-0.3, -0.25) is 4.98 Å². The second-order valence-corrected chi connectivity index (χ2v) is 6.36. The molecule has 0 bridgehead atoms. The minimum atomic E-state index is -2.68. The molecular weight excluding hydrogens is 362 g/mol. The lowest BCUT2D eigenvalue weighted by molar-refractivity contribution is 0.0904. The third-order valence-corrected chi connectivity index (χ3v) is 4.49. The Kier molecular flexibility index (Phi) is 6.00. The number of ether oxygens (including phenoxy) is 1. The van der Waals surface area contributed by atoms with Gasteiger partial charge >= 0.3 is 0 Å². The van der Waals surface area contributed by atoms with Crippen LogP contribution < -0.4 is 11.1 Å². The van der Waals surface area contributed by atoms with Gasteiger partial charge in [-0.2, -0.15) is 0 Å². The van der Waals surface area contributed by atoms with Gasteiger partial charge < -0.3 is 15.8 Å². The van der Waals surface area contributed by atoms with Crippen LogP contribution in [0.5, 0.6) is 0 Å². The average molecular weight is 381 g/mol. The Balaban J connectivity index is 1.86. The molecule has 0 amide bonds. The van der Waals surface area contributed by atoms with E-state index in [0.717, 1.165) is 18.5 Å². The number of alkyl halides is 2. The van der Waals surface area contributed by atoms with Crippen LogP contribution in [0.3, 0.4) is 0 Å². The van der Waals surface area contributed by atoms with Gasteiger partial charge in [-0.1, -0.05) is 11.6 Å². The molecule has 1 aromatic heterocycles. The largest absolute Gasteiger partial charge is 0.383 e. The zero-order chi connectivity index (χ0) is 18.5. The fourth-order valence-electron chi connectivity index (χ4n) is 2.75. The zero-order valence-electron chi connectivity index (χ0n) is 14.0. The van der Waals surface area contributed by atoms with E-state index < -0.39 is 6.43 Å². The number of rotatable bonds is 5. The first-order valence-corrected chi connectivity index (χ1v) is 8.63. The molecule has 0 aliphatic carbocycles. The Morgan fingerprint density at radius 2 is 2.08 bits per heavy atom. The van der Waals surface area contributed by atoms with Crippen molar-refractivity contribution in [2.45, 2.75) is 25.3 Å². The molecule has 0 unspecified atom stereocenters. The van der Waals surface area contributed by atoms with Crippen molar-refractivity contribution in [3.8, 4) is 0 Å². The topological polar surface area (TPSA) is 72.5 Å². The maximum Gasteiger partial charge on any atom is 0.265 e. The van der Waals surface area contributed by atoms with Gasteiger partial charge in [0.15, 0.2) is 0 Å². The van der Waals surface area contributed by atoms with E-state index >= 15 is 0 Å². The third kappa shape index (κ3) is 4.47. The summed E-state index contributed by atoms with van der Waals surface area (Å²) in [5.74, 6) is 0.190. The molecular formula is C18H19ClF2N4O. The fourth-order valence-corrected chi connectivity index (χ4v) is 2.95. The van der Waals surface area contributed by atoms with Crippen molar-refractivity contribution in [2.24, 2.45) is 10.7 Å². The van der Waals surface area contributed by atoms with Gasteiger partial charge in [0.1, 0.15) is 5.84 Å². The lowest BCUT2D eigenvalue weighted by Crippen LogP contribution is -2.29. The van der Waals surface area contributed by atoms with Crippen molar-refractivity contribution in [3.05, 3.63) is 52.8 Å². The lowest BCUT2D eigenvalue weighted by Gasteiger charge is -2.25. The Labute approximate surface area is 155 Å². The monoisotopic (exact) mass is 380 g/mol. The molecule has 0 radical (unpaired) electrons. The minimum absolute atomic E-state index is 0.000715. The first kappa shape index (κ1) is 18.5. The Bertz CT molecular complexity index is 795. The molecule has 26 heavy (non-hydrogen) atoms. The number of anilines is 1. The van der Waals surface area contributed by atoms with E-state index in [-0.39, 0.29) is 22.5 Å². The van der Waals surface area contributed by atoms with Crippen molar-refractivity contribution < 1.29 is 13.5 Å². The van der Waals surface area contributed by atoms with Crippen molar-refractivity contribution >= 4 is 28.8 Å². The summed E-state index contributed by atoms with van der Waals surface area (Å²) >= 11 is 5.79. The van der Waals surface area contributed by atoms with E-state index in [1.165, 1.54) is 12.1 Å². The van der Waals surface area contributed by atoms with Crippen LogP contribution in [0.4, 0.5) is 20.2 Å². The number of nitrogens with one attached hydrogen (secondary N) is 1. The van der Waals surface area contributed by atoms with Crippen LogP contribution in [0.1, 0.15) is 30.4 Å². The molecule has 5 nitrogen and oxygen atoms in total. The number of aliphatic imine (C=N–C) groups is 1. The number of benzene rings is 1. The van der Waals surface area contributed by atoms with Crippen molar-refractivity contribution in [1.82, 2.24) is 4.98 Å². The number of nitrogens with two attached hydrogens (primary N) is 1. The molecule has 2 heterocycles. The quantitative estimate of drug-likeness (QED) is 0.599. The molecule has 138 valence electrons. The highest BCUT2D eigenvalue weighted by Crippen LogP contribution is 2.31. The van der Waals surface area contributed by atoms with Crippen molar-refractivity contribution in [2.75, 3.05) is 18.5 Å². The highest BCUT2D eigenvalue weighted by molar-refractivity contribution is 6.31. The predicted molar refractivity (Wildman–Crippen MR) is 98.5 cm³/mol. The summed E-state index contributed by atoms with van der Waals surface area (Å²) in [5.41, 5.74) is 7.58. The summed E-state index contributed by atoms with van der Waals surface area (Å²) in [7, 11) is 0. The second kappa shape index (κ2) is 8.42. The number of aromatic nitrogens is 1. The molecule has 1 aromatic carbocycles. The summed E-state index contributed by atoms with van der Waals surface area (Å²) in [6.45, 7) is 1.42.